The number of hydrogen-bond acceptors (Lipinski definition) is 4. The molecule has 1 amide bonds. The summed E-state index contributed by atoms with van der Waals surface area (Å²) in [7, 11) is 0. The molecule has 0 aliphatic carbocycles. The van der Waals surface area contributed by atoms with E-state index in [-0.39, 0.29) is 12.0 Å². The molecule has 25 heavy (non-hydrogen) atoms. The molecular weight excluding hydrogens is 332 g/mol. The van der Waals surface area contributed by atoms with Crippen LogP contribution in [0.5, 0.6) is 0 Å². The van der Waals surface area contributed by atoms with Gasteiger partial charge in [-0.1, -0.05) is 39.8 Å². The van der Waals surface area contributed by atoms with Crippen LogP contribution in [-0.4, -0.2) is 55.4 Å². The van der Waals surface area contributed by atoms with E-state index in [1.165, 1.54) is 5.56 Å². The van der Waals surface area contributed by atoms with Crippen molar-refractivity contribution in [1.29, 1.82) is 0 Å². The molecule has 1 fully saturated rings. The molecule has 0 saturated carbocycles. The summed E-state index contributed by atoms with van der Waals surface area (Å²) in [4.78, 5) is 15.7. The third-order valence-corrected chi connectivity index (χ3v) is 5.30. The maximum Gasteiger partial charge on any atom is 0.230 e. The smallest absolute Gasteiger partial charge is 0.230 e. The lowest BCUT2D eigenvalue weighted by Crippen LogP contribution is -2.48. The molecule has 1 aliphatic heterocycles. The van der Waals surface area contributed by atoms with E-state index in [2.05, 4.69) is 62.2 Å². The van der Waals surface area contributed by atoms with E-state index in [0.29, 0.717) is 24.1 Å². The SMILES string of the molecule is CC(C)CN1CCOC(CNC(=O)CSc2ccc(C(C)C)cc2)C1. The third-order valence-electron chi connectivity index (χ3n) is 4.29. The largest absolute Gasteiger partial charge is 0.374 e. The Bertz CT molecular complexity index is 531. The van der Waals surface area contributed by atoms with Gasteiger partial charge in [0.05, 0.1) is 18.5 Å². The van der Waals surface area contributed by atoms with Crippen molar-refractivity contribution < 1.29 is 9.53 Å². The quantitative estimate of drug-likeness (QED) is 0.718. The Labute approximate surface area is 156 Å². The van der Waals surface area contributed by atoms with Gasteiger partial charge in [-0.25, -0.2) is 0 Å². The lowest BCUT2D eigenvalue weighted by molar-refractivity contribution is -0.119. The topological polar surface area (TPSA) is 41.6 Å². The van der Waals surface area contributed by atoms with E-state index in [4.69, 9.17) is 4.74 Å². The summed E-state index contributed by atoms with van der Waals surface area (Å²) in [6.07, 6.45) is 0.103. The van der Waals surface area contributed by atoms with Crippen LogP contribution in [0.25, 0.3) is 0 Å². The summed E-state index contributed by atoms with van der Waals surface area (Å²) < 4.78 is 5.78. The van der Waals surface area contributed by atoms with Gasteiger partial charge < -0.3 is 10.1 Å². The molecule has 1 saturated heterocycles. The molecule has 140 valence electrons. The zero-order valence-corrected chi connectivity index (χ0v) is 16.8. The highest BCUT2D eigenvalue weighted by Gasteiger charge is 2.21. The molecule has 4 nitrogen and oxygen atoms in total. The van der Waals surface area contributed by atoms with Gasteiger partial charge in [0.2, 0.25) is 5.91 Å². The van der Waals surface area contributed by atoms with Gasteiger partial charge in [0.1, 0.15) is 0 Å². The van der Waals surface area contributed by atoms with Gasteiger partial charge in [0.15, 0.2) is 0 Å². The average Bonchev–Trinajstić information content (AvgIpc) is 2.58. The molecule has 0 aromatic heterocycles. The molecule has 0 spiro atoms. The number of hydrogen-bond donors (Lipinski definition) is 1. The van der Waals surface area contributed by atoms with Crippen molar-refractivity contribution in [3.63, 3.8) is 0 Å². The van der Waals surface area contributed by atoms with Crippen LogP contribution in [0.3, 0.4) is 0 Å². The molecule has 0 radical (unpaired) electrons. The standard InChI is InChI=1S/C20H32N2O2S/c1-15(2)12-22-9-10-24-18(13-22)11-21-20(23)14-25-19-7-5-17(6-8-19)16(3)4/h5-8,15-16,18H,9-14H2,1-4H3,(H,21,23). The van der Waals surface area contributed by atoms with Gasteiger partial charge in [0.25, 0.3) is 0 Å². The molecule has 1 N–H and O–H groups in total. The maximum absolute atomic E-state index is 12.1. The molecule has 1 aromatic rings. The monoisotopic (exact) mass is 364 g/mol. The summed E-state index contributed by atoms with van der Waals surface area (Å²) in [5.41, 5.74) is 1.33. The number of benzene rings is 1. The minimum absolute atomic E-state index is 0.0718. The summed E-state index contributed by atoms with van der Waals surface area (Å²) in [5.74, 6) is 1.71. The first-order valence-corrected chi connectivity index (χ1v) is 10.3. The minimum Gasteiger partial charge on any atom is -0.374 e. The fourth-order valence-corrected chi connectivity index (χ4v) is 3.69. The highest BCUT2D eigenvalue weighted by Crippen LogP contribution is 2.21. The molecular formula is C20H32N2O2S. The first-order valence-electron chi connectivity index (χ1n) is 9.27. The summed E-state index contributed by atoms with van der Waals surface area (Å²) in [5, 5.41) is 3.01. The summed E-state index contributed by atoms with van der Waals surface area (Å²) in [6.45, 7) is 13.2. The normalized spacial score (nSPS) is 18.7. The second-order valence-electron chi connectivity index (χ2n) is 7.46. The third kappa shape index (κ3) is 7.38. The first-order chi connectivity index (χ1) is 11.9. The zero-order valence-electron chi connectivity index (χ0n) is 16.0. The fourth-order valence-electron chi connectivity index (χ4n) is 2.96. The predicted molar refractivity (Wildman–Crippen MR) is 105 cm³/mol. The van der Waals surface area contributed by atoms with Crippen molar-refractivity contribution in [3.8, 4) is 0 Å². The van der Waals surface area contributed by atoms with E-state index < -0.39 is 0 Å². The van der Waals surface area contributed by atoms with Crippen LogP contribution < -0.4 is 5.32 Å². The van der Waals surface area contributed by atoms with E-state index in [0.717, 1.165) is 31.1 Å². The van der Waals surface area contributed by atoms with Gasteiger partial charge in [-0.15, -0.1) is 11.8 Å². The Kier molecular flexibility index (Phi) is 8.27. The van der Waals surface area contributed by atoms with Crippen LogP contribution in [-0.2, 0) is 9.53 Å². The molecule has 1 atom stereocenters. The Morgan fingerprint density at radius 2 is 2.00 bits per heavy atom. The molecule has 1 heterocycles. The van der Waals surface area contributed by atoms with Crippen LogP contribution in [0, 0.1) is 5.92 Å². The Morgan fingerprint density at radius 1 is 1.28 bits per heavy atom. The number of ether oxygens (including phenoxy) is 1. The van der Waals surface area contributed by atoms with Crippen LogP contribution in [0.1, 0.15) is 39.2 Å². The average molecular weight is 365 g/mol. The number of nitrogens with one attached hydrogen (secondary N) is 1. The Balaban J connectivity index is 1.68. The number of amides is 1. The van der Waals surface area contributed by atoms with E-state index in [1.54, 1.807) is 11.8 Å². The van der Waals surface area contributed by atoms with Gasteiger partial charge >= 0.3 is 0 Å². The van der Waals surface area contributed by atoms with Crippen LogP contribution >= 0.6 is 11.8 Å². The maximum atomic E-state index is 12.1. The molecule has 1 aliphatic rings. The van der Waals surface area contributed by atoms with Gasteiger partial charge in [-0.3, -0.25) is 9.69 Å². The highest BCUT2D eigenvalue weighted by molar-refractivity contribution is 8.00. The predicted octanol–water partition coefficient (Wildman–Crippen LogP) is 3.38. The van der Waals surface area contributed by atoms with Crippen molar-refractivity contribution in [2.45, 2.75) is 44.6 Å². The second kappa shape index (κ2) is 10.2. The number of rotatable bonds is 8. The molecule has 1 unspecified atom stereocenters. The molecule has 2 rings (SSSR count). The lowest BCUT2D eigenvalue weighted by atomic mass is 10.0. The van der Waals surface area contributed by atoms with Crippen molar-refractivity contribution in [2.75, 3.05) is 38.5 Å². The Hall–Kier alpha value is -1.04. The van der Waals surface area contributed by atoms with Crippen molar-refractivity contribution in [1.82, 2.24) is 10.2 Å². The number of morpholine rings is 1. The van der Waals surface area contributed by atoms with E-state index >= 15 is 0 Å². The van der Waals surface area contributed by atoms with Crippen molar-refractivity contribution in [2.24, 2.45) is 5.92 Å². The van der Waals surface area contributed by atoms with Gasteiger partial charge in [-0.05, 0) is 29.5 Å². The highest BCUT2D eigenvalue weighted by atomic mass is 32.2. The number of thioether (sulfide) groups is 1. The molecule has 5 heteroatoms. The number of carbonyl (C=O) groups excluding carboxylic acids is 1. The van der Waals surface area contributed by atoms with E-state index in [9.17, 15) is 4.79 Å². The summed E-state index contributed by atoms with van der Waals surface area (Å²) in [6, 6.07) is 8.48. The van der Waals surface area contributed by atoms with Crippen LogP contribution in [0.4, 0.5) is 0 Å². The van der Waals surface area contributed by atoms with Crippen molar-refractivity contribution >= 4 is 17.7 Å². The van der Waals surface area contributed by atoms with E-state index in [1.807, 2.05) is 0 Å². The van der Waals surface area contributed by atoms with Crippen LogP contribution in [0.2, 0.25) is 0 Å². The van der Waals surface area contributed by atoms with Gasteiger partial charge in [-0.2, -0.15) is 0 Å². The number of carbonyl (C=O) groups is 1. The second-order valence-corrected chi connectivity index (χ2v) is 8.51. The van der Waals surface area contributed by atoms with Crippen LogP contribution in [0.15, 0.2) is 29.2 Å². The zero-order chi connectivity index (χ0) is 18.2. The lowest BCUT2D eigenvalue weighted by Gasteiger charge is -2.33. The molecule has 1 aromatic carbocycles. The minimum atomic E-state index is 0.0718. The Morgan fingerprint density at radius 3 is 2.64 bits per heavy atom. The fraction of sp³-hybridized carbons (Fsp3) is 0.650. The summed E-state index contributed by atoms with van der Waals surface area (Å²) >= 11 is 1.58. The van der Waals surface area contributed by atoms with Gasteiger partial charge in [0, 0.05) is 31.1 Å². The first kappa shape index (κ1) is 20.3. The van der Waals surface area contributed by atoms with Crippen molar-refractivity contribution in [3.05, 3.63) is 29.8 Å². The molecule has 0 bridgehead atoms. The number of nitrogens with zero attached hydrogens (tertiary/aromatic N) is 1.